The Morgan fingerprint density at radius 1 is 0.778 bits per heavy atom. The predicted octanol–water partition coefficient (Wildman–Crippen LogP) is 6.92. The second-order valence-corrected chi connectivity index (χ2v) is 15.5. The molecule has 0 atom stereocenters. The fourth-order valence-electron chi connectivity index (χ4n) is 2.76. The smallest absolute Gasteiger partial charge is 0.282 e. The fourth-order valence-corrected chi connectivity index (χ4v) is 3.52. The van der Waals surface area contributed by atoms with Crippen LogP contribution in [-0.4, -0.2) is 39.6 Å². The van der Waals surface area contributed by atoms with Crippen LogP contribution in [0.4, 0.5) is 0 Å². The Kier molecular flexibility index (Phi) is 14.3. The van der Waals surface area contributed by atoms with Gasteiger partial charge in [-0.05, 0) is 24.5 Å². The van der Waals surface area contributed by atoms with Crippen LogP contribution in [0, 0.1) is 0 Å². The Hall–Kier alpha value is -0.440. The molecule has 1 rings (SSSR count). The topological polar surface area (TPSA) is 54.4 Å². The molecule has 0 bridgehead atoms. The van der Waals surface area contributed by atoms with Crippen LogP contribution in [0.15, 0.2) is 29.2 Å². The van der Waals surface area contributed by atoms with Gasteiger partial charge in [-0.15, -0.1) is 0 Å². The van der Waals surface area contributed by atoms with E-state index in [2.05, 4.69) is 33.6 Å². The van der Waals surface area contributed by atoms with Gasteiger partial charge >= 0.3 is 0 Å². The molecule has 1 N–H and O–H groups in total. The van der Waals surface area contributed by atoms with Crippen molar-refractivity contribution in [3.8, 4) is 0 Å². The van der Waals surface area contributed by atoms with Crippen molar-refractivity contribution in [1.29, 1.82) is 0 Å². The molecule has 158 valence electrons. The quantitative estimate of drug-likeness (QED) is 0.228. The number of aryl methyl sites for hydroxylation is 1. The maximum atomic E-state index is 11.3. The van der Waals surface area contributed by atoms with Crippen LogP contribution in [0.5, 0.6) is 0 Å². The number of hydrogen-bond acceptors (Lipinski definition) is 2. The summed E-state index contributed by atoms with van der Waals surface area (Å²) in [7, 11) is -4.48. The highest BCUT2D eigenvalue weighted by molar-refractivity contribution is 7.85. The van der Waals surface area contributed by atoms with E-state index in [9.17, 15) is 13.0 Å². The zero-order valence-corrected chi connectivity index (χ0v) is 19.9. The molecule has 0 saturated heterocycles. The summed E-state index contributed by atoms with van der Waals surface area (Å²) in [5.41, 5.74) is 0.726. The molecular formula is C22H42O3PS+. The predicted molar refractivity (Wildman–Crippen MR) is 122 cm³/mol. The van der Waals surface area contributed by atoms with E-state index in [1.807, 2.05) is 6.07 Å². The van der Waals surface area contributed by atoms with Crippen molar-refractivity contribution >= 4 is 17.4 Å². The van der Waals surface area contributed by atoms with E-state index < -0.39 is 10.1 Å². The fraction of sp³-hybridized carbons (Fsp3) is 0.727. The first kappa shape index (κ1) is 26.6. The van der Waals surface area contributed by atoms with Gasteiger partial charge in [0.05, 0.1) is 4.90 Å². The summed E-state index contributed by atoms with van der Waals surface area (Å²) in [5, 5.41) is 0. The molecule has 0 aliphatic carbocycles. The molecule has 0 radical (unpaired) electrons. The molecule has 3 nitrogen and oxygen atoms in total. The zero-order chi connectivity index (χ0) is 20.8. The highest BCUT2D eigenvalue weighted by Gasteiger charge is 2.13. The summed E-state index contributed by atoms with van der Waals surface area (Å²) in [5.74, 6) is 0. The maximum absolute atomic E-state index is 11.3. The average molecular weight is 418 g/mol. The Bertz CT molecular complexity index is 586. The van der Waals surface area contributed by atoms with Gasteiger partial charge in [-0.1, -0.05) is 82.9 Å². The molecular weight excluding hydrogens is 375 g/mol. The highest BCUT2D eigenvalue weighted by atomic mass is 32.2. The van der Waals surface area contributed by atoms with Crippen molar-refractivity contribution in [2.24, 2.45) is 0 Å². The third-order valence-corrected chi connectivity index (χ3v) is 5.00. The maximum Gasteiger partial charge on any atom is 0.294 e. The lowest BCUT2D eigenvalue weighted by atomic mass is 10.0. The molecule has 1 aromatic carbocycles. The van der Waals surface area contributed by atoms with Gasteiger partial charge in [0.25, 0.3) is 10.1 Å². The summed E-state index contributed by atoms with van der Waals surface area (Å²) < 4.78 is 31.8. The first-order valence-corrected chi connectivity index (χ1v) is 15.4. The monoisotopic (exact) mass is 417 g/mol. The lowest BCUT2D eigenvalue weighted by molar-refractivity contribution is 0.481. The Labute approximate surface area is 169 Å². The molecule has 0 spiro atoms. The second-order valence-electron chi connectivity index (χ2n) is 8.70. The lowest BCUT2D eigenvalue weighted by Gasteiger charge is -2.07. The van der Waals surface area contributed by atoms with Crippen LogP contribution in [-0.2, 0) is 16.5 Å². The number of hydrogen-bond donors (Lipinski definition) is 1. The second kappa shape index (κ2) is 14.5. The lowest BCUT2D eigenvalue weighted by Crippen LogP contribution is -2.03. The van der Waals surface area contributed by atoms with E-state index in [0.717, 1.165) is 18.4 Å². The molecule has 0 heterocycles. The summed E-state index contributed by atoms with van der Waals surface area (Å²) in [6.07, 6.45) is 13.3. The molecule has 0 saturated carbocycles. The average Bonchev–Trinajstić information content (AvgIpc) is 2.54. The molecule has 0 aromatic heterocycles. The van der Waals surface area contributed by atoms with Crippen molar-refractivity contribution in [3.05, 3.63) is 29.8 Å². The molecule has 1 aromatic rings. The van der Waals surface area contributed by atoms with Gasteiger partial charge in [-0.3, -0.25) is 4.55 Å². The SMILES string of the molecule is CCCCCCCCCCCCc1ccccc1S(=O)(=O)O.C[P+](C)(C)C. The molecule has 0 fully saturated rings. The van der Waals surface area contributed by atoms with Gasteiger partial charge in [0.2, 0.25) is 0 Å². The molecule has 0 aliphatic rings. The first-order chi connectivity index (χ1) is 12.6. The third-order valence-electron chi connectivity index (χ3n) is 4.05. The van der Waals surface area contributed by atoms with Gasteiger partial charge in [0.1, 0.15) is 0 Å². The minimum atomic E-state index is -4.10. The number of unbranched alkanes of at least 4 members (excludes halogenated alkanes) is 9. The molecule has 0 amide bonds. The van der Waals surface area contributed by atoms with Crippen molar-refractivity contribution in [3.63, 3.8) is 0 Å². The Morgan fingerprint density at radius 2 is 1.19 bits per heavy atom. The summed E-state index contributed by atoms with van der Waals surface area (Å²) >= 11 is 0. The normalized spacial score (nSPS) is 11.8. The standard InChI is InChI=1S/C18H30O3S.C4H12P/c1-2-3-4-5-6-7-8-9-10-11-14-17-15-12-13-16-18(17)22(19,20)21;1-5(2,3)4/h12-13,15-16H,2-11,14H2,1H3,(H,19,20,21);1-4H3/q;+1. The van der Waals surface area contributed by atoms with Gasteiger partial charge in [0, 0.05) is 33.9 Å². The molecule has 27 heavy (non-hydrogen) atoms. The van der Waals surface area contributed by atoms with Gasteiger partial charge in [-0.2, -0.15) is 8.42 Å². The van der Waals surface area contributed by atoms with E-state index in [0.29, 0.717) is 6.42 Å². The van der Waals surface area contributed by atoms with Crippen molar-refractivity contribution in [2.45, 2.75) is 82.4 Å². The Morgan fingerprint density at radius 3 is 1.63 bits per heavy atom. The van der Waals surface area contributed by atoms with Crippen LogP contribution in [0.2, 0.25) is 0 Å². The van der Waals surface area contributed by atoms with Crippen molar-refractivity contribution in [1.82, 2.24) is 0 Å². The van der Waals surface area contributed by atoms with Gasteiger partial charge < -0.3 is 0 Å². The first-order valence-electron chi connectivity index (χ1n) is 10.4. The molecule has 5 heteroatoms. The zero-order valence-electron chi connectivity index (χ0n) is 18.2. The van der Waals surface area contributed by atoms with Crippen LogP contribution in [0.3, 0.4) is 0 Å². The highest BCUT2D eigenvalue weighted by Crippen LogP contribution is 2.40. The largest absolute Gasteiger partial charge is 0.294 e. The summed E-state index contributed by atoms with van der Waals surface area (Å²) in [4.78, 5) is 0.0610. The third kappa shape index (κ3) is 17.4. The molecule has 0 aliphatic heterocycles. The van der Waals surface area contributed by atoms with E-state index in [4.69, 9.17) is 0 Å². The molecule has 0 unspecified atom stereocenters. The number of benzene rings is 1. The van der Waals surface area contributed by atoms with Crippen LogP contribution in [0.1, 0.15) is 76.7 Å². The van der Waals surface area contributed by atoms with Gasteiger partial charge in [-0.25, -0.2) is 0 Å². The van der Waals surface area contributed by atoms with Crippen molar-refractivity contribution < 1.29 is 13.0 Å². The van der Waals surface area contributed by atoms with E-state index in [1.54, 1.807) is 12.1 Å². The Balaban J connectivity index is 0.00000119. The minimum absolute atomic E-state index is 0.0610. The number of rotatable bonds is 12. The van der Waals surface area contributed by atoms with Gasteiger partial charge in [0.15, 0.2) is 0 Å². The van der Waals surface area contributed by atoms with Crippen LogP contribution in [0.25, 0.3) is 0 Å². The van der Waals surface area contributed by atoms with E-state index in [1.165, 1.54) is 57.4 Å². The van der Waals surface area contributed by atoms with Crippen LogP contribution < -0.4 is 0 Å². The summed E-state index contributed by atoms with van der Waals surface area (Å²) in [6, 6.07) is 6.73. The van der Waals surface area contributed by atoms with E-state index in [-0.39, 0.29) is 12.2 Å². The minimum Gasteiger partial charge on any atom is -0.282 e. The van der Waals surface area contributed by atoms with E-state index >= 15 is 0 Å². The van der Waals surface area contributed by atoms with Crippen LogP contribution >= 0.6 is 7.26 Å². The van der Waals surface area contributed by atoms with Crippen molar-refractivity contribution in [2.75, 3.05) is 26.7 Å². The summed E-state index contributed by atoms with van der Waals surface area (Å²) in [6.45, 7) is 11.4.